The van der Waals surface area contributed by atoms with Gasteiger partial charge in [0.25, 0.3) is 5.89 Å². The van der Waals surface area contributed by atoms with Crippen molar-refractivity contribution >= 4 is 10.0 Å². The van der Waals surface area contributed by atoms with E-state index in [9.17, 15) is 8.42 Å². The normalized spacial score (nSPS) is 17.8. The van der Waals surface area contributed by atoms with Crippen LogP contribution in [0.4, 0.5) is 0 Å². The predicted molar refractivity (Wildman–Crippen MR) is 120 cm³/mol. The van der Waals surface area contributed by atoms with E-state index < -0.39 is 10.0 Å². The zero-order valence-electron chi connectivity index (χ0n) is 18.2. The number of hydrogen-bond acceptors (Lipinski definition) is 6. The molecular weight excluding hydrogens is 426 g/mol. The van der Waals surface area contributed by atoms with Gasteiger partial charge in [0.05, 0.1) is 12.0 Å². The minimum atomic E-state index is -3.49. The fourth-order valence-electron chi connectivity index (χ4n) is 4.65. The molecule has 1 saturated heterocycles. The van der Waals surface area contributed by atoms with Gasteiger partial charge in [-0.05, 0) is 80.0 Å². The zero-order valence-corrected chi connectivity index (χ0v) is 19.0. The predicted octanol–water partition coefficient (Wildman–Crippen LogP) is 4.19. The Bertz CT molecular complexity index is 1210. The van der Waals surface area contributed by atoms with Gasteiger partial charge in [0.15, 0.2) is 5.82 Å². The number of rotatable bonds is 5. The molecule has 0 radical (unpaired) electrons. The first-order chi connectivity index (χ1) is 15.5. The van der Waals surface area contributed by atoms with Gasteiger partial charge < -0.3 is 9.26 Å². The number of piperidine rings is 1. The highest BCUT2D eigenvalue weighted by atomic mass is 32.2. The molecule has 1 fully saturated rings. The fraction of sp³-hybridized carbons (Fsp3) is 0.417. The average molecular weight is 454 g/mol. The van der Waals surface area contributed by atoms with E-state index in [1.807, 2.05) is 36.4 Å². The number of fused-ring (bicyclic) bond motifs is 1. The number of aromatic nitrogens is 2. The number of nitrogens with zero attached hydrogens (tertiary/aromatic N) is 3. The van der Waals surface area contributed by atoms with Gasteiger partial charge in [-0.25, -0.2) is 8.42 Å². The Morgan fingerprint density at radius 3 is 2.59 bits per heavy atom. The van der Waals surface area contributed by atoms with E-state index in [1.54, 1.807) is 17.5 Å². The molecule has 0 N–H and O–H groups in total. The molecule has 32 heavy (non-hydrogen) atoms. The first kappa shape index (κ1) is 21.2. The van der Waals surface area contributed by atoms with Crippen LogP contribution in [0.15, 0.2) is 51.9 Å². The van der Waals surface area contributed by atoms with Crippen molar-refractivity contribution in [2.45, 2.75) is 49.3 Å². The Labute approximate surface area is 188 Å². The molecule has 3 aromatic rings. The van der Waals surface area contributed by atoms with Crippen molar-refractivity contribution in [1.29, 1.82) is 0 Å². The molecule has 168 valence electrons. The second kappa shape index (κ2) is 8.67. The van der Waals surface area contributed by atoms with Crippen molar-refractivity contribution in [3.8, 4) is 17.2 Å². The smallest absolute Gasteiger partial charge is 0.258 e. The van der Waals surface area contributed by atoms with Gasteiger partial charge >= 0.3 is 0 Å². The SMILES string of the molecule is COc1cccc(-c2nc(C3CCN(S(=O)(=O)c4ccc5c(c4)CCCC5)CC3)no2)c1. The number of sulfonamides is 1. The van der Waals surface area contributed by atoms with Crippen molar-refractivity contribution in [1.82, 2.24) is 14.4 Å². The van der Waals surface area contributed by atoms with Crippen molar-refractivity contribution < 1.29 is 17.7 Å². The van der Waals surface area contributed by atoms with Crippen LogP contribution in [0.3, 0.4) is 0 Å². The Kier molecular flexibility index (Phi) is 5.73. The third-order valence-electron chi connectivity index (χ3n) is 6.54. The first-order valence-corrected chi connectivity index (χ1v) is 12.6. The van der Waals surface area contributed by atoms with Crippen LogP contribution in [-0.2, 0) is 22.9 Å². The summed E-state index contributed by atoms with van der Waals surface area (Å²) in [7, 11) is -1.88. The highest BCUT2D eigenvalue weighted by Crippen LogP contribution is 2.32. The fourth-order valence-corrected chi connectivity index (χ4v) is 6.17. The Balaban J connectivity index is 1.27. The second-order valence-electron chi connectivity index (χ2n) is 8.51. The molecule has 8 heteroatoms. The van der Waals surface area contributed by atoms with Crippen LogP contribution in [0.25, 0.3) is 11.5 Å². The lowest BCUT2D eigenvalue weighted by atomic mass is 9.92. The molecule has 2 aromatic carbocycles. The van der Waals surface area contributed by atoms with Gasteiger partial charge in [0.2, 0.25) is 10.0 Å². The van der Waals surface area contributed by atoms with Gasteiger partial charge in [-0.15, -0.1) is 0 Å². The van der Waals surface area contributed by atoms with Gasteiger partial charge in [-0.1, -0.05) is 17.3 Å². The van der Waals surface area contributed by atoms with E-state index >= 15 is 0 Å². The maximum atomic E-state index is 13.2. The molecule has 0 atom stereocenters. The summed E-state index contributed by atoms with van der Waals surface area (Å²) in [5.41, 5.74) is 3.28. The van der Waals surface area contributed by atoms with Crippen molar-refractivity contribution in [2.75, 3.05) is 20.2 Å². The summed E-state index contributed by atoms with van der Waals surface area (Å²) in [5, 5.41) is 4.17. The summed E-state index contributed by atoms with van der Waals surface area (Å²) >= 11 is 0. The van der Waals surface area contributed by atoms with E-state index in [-0.39, 0.29) is 5.92 Å². The van der Waals surface area contributed by atoms with E-state index in [0.29, 0.717) is 42.5 Å². The average Bonchev–Trinajstić information content (AvgIpc) is 3.34. The number of aryl methyl sites for hydroxylation is 2. The minimum Gasteiger partial charge on any atom is -0.497 e. The molecule has 0 unspecified atom stereocenters. The minimum absolute atomic E-state index is 0.0769. The van der Waals surface area contributed by atoms with Gasteiger partial charge in [0.1, 0.15) is 5.75 Å². The molecule has 1 aliphatic heterocycles. The van der Waals surface area contributed by atoms with Crippen molar-refractivity contribution in [2.24, 2.45) is 0 Å². The van der Waals surface area contributed by atoms with E-state index in [0.717, 1.165) is 30.6 Å². The maximum Gasteiger partial charge on any atom is 0.258 e. The Morgan fingerprint density at radius 2 is 1.81 bits per heavy atom. The highest BCUT2D eigenvalue weighted by Gasteiger charge is 2.32. The summed E-state index contributed by atoms with van der Waals surface area (Å²) in [6.07, 6.45) is 5.66. The van der Waals surface area contributed by atoms with Crippen LogP contribution in [0.2, 0.25) is 0 Å². The largest absolute Gasteiger partial charge is 0.497 e. The van der Waals surface area contributed by atoms with Crippen LogP contribution in [0.5, 0.6) is 5.75 Å². The molecule has 0 spiro atoms. The highest BCUT2D eigenvalue weighted by molar-refractivity contribution is 7.89. The van der Waals surface area contributed by atoms with Gasteiger partial charge in [-0.3, -0.25) is 0 Å². The summed E-state index contributed by atoms with van der Waals surface area (Å²) < 4.78 is 38.8. The van der Waals surface area contributed by atoms with E-state index in [4.69, 9.17) is 9.26 Å². The van der Waals surface area contributed by atoms with Crippen molar-refractivity contribution in [3.63, 3.8) is 0 Å². The van der Waals surface area contributed by atoms with E-state index in [2.05, 4.69) is 10.1 Å². The molecule has 1 aromatic heterocycles. The first-order valence-electron chi connectivity index (χ1n) is 11.1. The number of ether oxygens (including phenoxy) is 1. The summed E-state index contributed by atoms with van der Waals surface area (Å²) in [5.74, 6) is 1.88. The molecule has 7 nitrogen and oxygen atoms in total. The van der Waals surface area contributed by atoms with E-state index in [1.165, 1.54) is 17.5 Å². The van der Waals surface area contributed by atoms with Crippen LogP contribution < -0.4 is 4.74 Å². The van der Waals surface area contributed by atoms with Crippen LogP contribution in [0.1, 0.15) is 48.6 Å². The maximum absolute atomic E-state index is 13.2. The molecule has 0 bridgehead atoms. The third kappa shape index (κ3) is 4.04. The van der Waals surface area contributed by atoms with Crippen molar-refractivity contribution in [3.05, 3.63) is 59.4 Å². The number of hydrogen-bond donors (Lipinski definition) is 0. The lowest BCUT2D eigenvalue weighted by Crippen LogP contribution is -2.38. The quantitative estimate of drug-likeness (QED) is 0.576. The Hall–Kier alpha value is -2.71. The molecule has 1 aliphatic carbocycles. The van der Waals surface area contributed by atoms with Crippen LogP contribution >= 0.6 is 0 Å². The lowest BCUT2D eigenvalue weighted by Gasteiger charge is -2.30. The van der Waals surface area contributed by atoms with Crippen LogP contribution in [-0.4, -0.2) is 43.1 Å². The number of benzene rings is 2. The zero-order chi connectivity index (χ0) is 22.1. The summed E-state index contributed by atoms with van der Waals surface area (Å²) in [6, 6.07) is 13.1. The van der Waals surface area contributed by atoms with Crippen LogP contribution in [0, 0.1) is 0 Å². The monoisotopic (exact) mass is 453 g/mol. The molecular formula is C24H27N3O4S. The molecule has 2 heterocycles. The molecule has 5 rings (SSSR count). The standard InChI is InChI=1S/C24H27N3O4S/c1-30-21-8-4-7-20(15-21)24-25-23(26-31-24)18-11-13-27(14-12-18)32(28,29)22-10-9-17-5-2-3-6-19(17)16-22/h4,7-10,15-16,18H,2-3,5-6,11-14H2,1H3. The van der Waals surface area contributed by atoms with Gasteiger partial charge in [0, 0.05) is 24.6 Å². The Morgan fingerprint density at radius 1 is 1.03 bits per heavy atom. The topological polar surface area (TPSA) is 85.5 Å². The third-order valence-corrected chi connectivity index (χ3v) is 8.43. The second-order valence-corrected chi connectivity index (χ2v) is 10.4. The molecule has 0 saturated carbocycles. The summed E-state index contributed by atoms with van der Waals surface area (Å²) in [4.78, 5) is 4.99. The summed E-state index contributed by atoms with van der Waals surface area (Å²) in [6.45, 7) is 0.903. The lowest BCUT2D eigenvalue weighted by molar-refractivity contribution is 0.307. The molecule has 0 amide bonds. The van der Waals surface area contributed by atoms with Gasteiger partial charge in [-0.2, -0.15) is 9.29 Å². The number of methoxy groups -OCH3 is 1. The molecule has 2 aliphatic rings.